The first kappa shape index (κ1) is 23.2. The predicted molar refractivity (Wildman–Crippen MR) is 111 cm³/mol. The van der Waals surface area contributed by atoms with E-state index in [2.05, 4.69) is 0 Å². The standard InChI is InChI=1S/C21H28N2O7S/c1-29-20(25)16-8-11-18(21(26)30-2)23(14-16)19(24)15-6-9-17(10-7-15)31(27,28)22-12-4-3-5-13-22/h6-7,9-10,16,18H,3-5,8,11-14H2,1-2H3. The van der Waals surface area contributed by atoms with Crippen molar-refractivity contribution < 1.29 is 32.3 Å². The molecule has 2 unspecified atom stereocenters. The summed E-state index contributed by atoms with van der Waals surface area (Å²) in [4.78, 5) is 38.8. The molecule has 0 aromatic heterocycles. The van der Waals surface area contributed by atoms with Gasteiger partial charge in [0.1, 0.15) is 6.04 Å². The van der Waals surface area contributed by atoms with Gasteiger partial charge in [0.05, 0.1) is 25.0 Å². The third-order valence-corrected chi connectivity index (χ3v) is 7.82. The van der Waals surface area contributed by atoms with E-state index in [0.29, 0.717) is 19.5 Å². The lowest BCUT2D eigenvalue weighted by molar-refractivity contribution is -0.153. The van der Waals surface area contributed by atoms with E-state index in [9.17, 15) is 22.8 Å². The molecule has 0 spiro atoms. The molecule has 2 fully saturated rings. The number of likely N-dealkylation sites (tertiary alicyclic amines) is 1. The molecule has 0 aliphatic carbocycles. The second kappa shape index (κ2) is 9.78. The largest absolute Gasteiger partial charge is 0.469 e. The van der Waals surface area contributed by atoms with E-state index < -0.39 is 39.8 Å². The number of methoxy groups -OCH3 is 2. The van der Waals surface area contributed by atoms with Crippen LogP contribution in [0.2, 0.25) is 0 Å². The smallest absolute Gasteiger partial charge is 0.328 e. The van der Waals surface area contributed by atoms with E-state index in [1.54, 1.807) is 0 Å². The van der Waals surface area contributed by atoms with Crippen molar-refractivity contribution in [2.24, 2.45) is 5.92 Å². The zero-order valence-corrected chi connectivity index (χ0v) is 18.6. The normalized spacial score (nSPS) is 22.6. The number of benzene rings is 1. The summed E-state index contributed by atoms with van der Waals surface area (Å²) in [5.41, 5.74) is 0.233. The van der Waals surface area contributed by atoms with Crippen LogP contribution in [0.3, 0.4) is 0 Å². The molecule has 0 bridgehead atoms. The fraction of sp³-hybridized carbons (Fsp3) is 0.571. The van der Waals surface area contributed by atoms with Gasteiger partial charge < -0.3 is 14.4 Å². The molecule has 1 aromatic rings. The van der Waals surface area contributed by atoms with Crippen molar-refractivity contribution >= 4 is 27.9 Å². The van der Waals surface area contributed by atoms with Crippen molar-refractivity contribution in [2.75, 3.05) is 33.9 Å². The van der Waals surface area contributed by atoms with Crippen LogP contribution in [0, 0.1) is 5.92 Å². The monoisotopic (exact) mass is 452 g/mol. The van der Waals surface area contributed by atoms with Crippen LogP contribution >= 0.6 is 0 Å². The van der Waals surface area contributed by atoms with Crippen molar-refractivity contribution in [1.29, 1.82) is 0 Å². The summed E-state index contributed by atoms with van der Waals surface area (Å²) < 4.78 is 36.7. The Labute approximate surface area is 182 Å². The minimum absolute atomic E-state index is 0.0269. The van der Waals surface area contributed by atoms with Gasteiger partial charge in [-0.2, -0.15) is 4.31 Å². The van der Waals surface area contributed by atoms with Crippen molar-refractivity contribution in [1.82, 2.24) is 9.21 Å². The molecule has 2 aliphatic rings. The molecule has 3 rings (SSSR count). The number of sulfonamides is 1. The topological polar surface area (TPSA) is 110 Å². The summed E-state index contributed by atoms with van der Waals surface area (Å²) in [5.74, 6) is -2.00. The van der Waals surface area contributed by atoms with Crippen LogP contribution in [0.4, 0.5) is 0 Å². The van der Waals surface area contributed by atoms with Crippen LogP contribution in [-0.4, -0.2) is 75.4 Å². The number of esters is 2. The average molecular weight is 453 g/mol. The number of amides is 1. The van der Waals surface area contributed by atoms with E-state index in [0.717, 1.165) is 19.3 Å². The van der Waals surface area contributed by atoms with Gasteiger partial charge in [-0.3, -0.25) is 9.59 Å². The first-order valence-electron chi connectivity index (χ1n) is 10.4. The molecular formula is C21H28N2O7S. The summed E-state index contributed by atoms with van der Waals surface area (Å²) in [6.07, 6.45) is 3.37. The van der Waals surface area contributed by atoms with E-state index >= 15 is 0 Å². The first-order valence-corrected chi connectivity index (χ1v) is 11.8. The second-order valence-corrected chi connectivity index (χ2v) is 9.72. The van der Waals surface area contributed by atoms with Gasteiger partial charge in [-0.05, 0) is 49.9 Å². The van der Waals surface area contributed by atoms with E-state index in [-0.39, 0.29) is 23.4 Å². The Morgan fingerprint density at radius 1 is 0.903 bits per heavy atom. The zero-order chi connectivity index (χ0) is 22.6. The number of hydrogen-bond acceptors (Lipinski definition) is 7. The molecule has 2 aliphatic heterocycles. The highest BCUT2D eigenvalue weighted by Gasteiger charge is 2.39. The third kappa shape index (κ3) is 4.90. The number of piperidine rings is 2. The quantitative estimate of drug-likeness (QED) is 0.622. The lowest BCUT2D eigenvalue weighted by atomic mass is 9.92. The molecule has 0 N–H and O–H groups in total. The Hall–Kier alpha value is -2.46. The number of hydrogen-bond donors (Lipinski definition) is 0. The first-order chi connectivity index (χ1) is 14.8. The maximum absolute atomic E-state index is 13.2. The number of rotatable bonds is 5. The minimum Gasteiger partial charge on any atom is -0.469 e. The molecule has 9 nitrogen and oxygen atoms in total. The van der Waals surface area contributed by atoms with Gasteiger partial charge in [0, 0.05) is 25.2 Å². The van der Waals surface area contributed by atoms with Crippen LogP contribution in [0.15, 0.2) is 29.2 Å². The number of carbonyl (C=O) groups excluding carboxylic acids is 3. The van der Waals surface area contributed by atoms with Gasteiger partial charge in [0.25, 0.3) is 5.91 Å². The molecule has 2 saturated heterocycles. The summed E-state index contributed by atoms with van der Waals surface area (Å²) >= 11 is 0. The highest BCUT2D eigenvalue weighted by Crippen LogP contribution is 2.27. The lowest BCUT2D eigenvalue weighted by Crippen LogP contribution is -2.52. The SMILES string of the molecule is COC(=O)C1CCC(C(=O)OC)N(C(=O)c2ccc(S(=O)(=O)N3CCCCC3)cc2)C1. The van der Waals surface area contributed by atoms with Crippen molar-refractivity contribution in [3.05, 3.63) is 29.8 Å². The van der Waals surface area contributed by atoms with E-state index in [1.807, 2.05) is 0 Å². The molecule has 1 aromatic carbocycles. The van der Waals surface area contributed by atoms with Gasteiger partial charge in [-0.15, -0.1) is 0 Å². The molecule has 2 atom stereocenters. The van der Waals surface area contributed by atoms with Gasteiger partial charge in [-0.1, -0.05) is 6.42 Å². The van der Waals surface area contributed by atoms with Gasteiger partial charge in [0.15, 0.2) is 0 Å². The van der Waals surface area contributed by atoms with Crippen molar-refractivity contribution in [3.63, 3.8) is 0 Å². The van der Waals surface area contributed by atoms with Gasteiger partial charge in [0.2, 0.25) is 10.0 Å². The predicted octanol–water partition coefficient (Wildman–Crippen LogP) is 1.43. The Balaban J connectivity index is 1.82. The molecule has 10 heteroatoms. The van der Waals surface area contributed by atoms with E-state index in [4.69, 9.17) is 9.47 Å². The molecule has 1 amide bonds. The molecule has 0 saturated carbocycles. The summed E-state index contributed by atoms with van der Waals surface area (Å²) in [6, 6.07) is 4.89. The average Bonchev–Trinajstić information content (AvgIpc) is 2.82. The molecule has 31 heavy (non-hydrogen) atoms. The lowest BCUT2D eigenvalue weighted by Gasteiger charge is -2.37. The summed E-state index contributed by atoms with van der Waals surface area (Å²) in [7, 11) is -1.08. The highest BCUT2D eigenvalue weighted by atomic mass is 32.2. The van der Waals surface area contributed by atoms with Crippen LogP contribution in [0.5, 0.6) is 0 Å². The van der Waals surface area contributed by atoms with Crippen molar-refractivity contribution in [3.8, 4) is 0 Å². The molecule has 2 heterocycles. The van der Waals surface area contributed by atoms with Crippen molar-refractivity contribution in [2.45, 2.75) is 43.0 Å². The maximum atomic E-state index is 13.2. The Morgan fingerprint density at radius 2 is 1.52 bits per heavy atom. The molecule has 170 valence electrons. The maximum Gasteiger partial charge on any atom is 0.328 e. The van der Waals surface area contributed by atoms with Crippen LogP contribution in [-0.2, 0) is 29.1 Å². The van der Waals surface area contributed by atoms with Crippen LogP contribution in [0.25, 0.3) is 0 Å². The number of carbonyl (C=O) groups is 3. The molecular weight excluding hydrogens is 424 g/mol. The summed E-state index contributed by atoms with van der Waals surface area (Å²) in [6.45, 7) is 1.01. The number of ether oxygens (including phenoxy) is 2. The van der Waals surface area contributed by atoms with Gasteiger partial charge >= 0.3 is 11.9 Å². The highest BCUT2D eigenvalue weighted by molar-refractivity contribution is 7.89. The fourth-order valence-electron chi connectivity index (χ4n) is 4.13. The third-order valence-electron chi connectivity index (χ3n) is 5.90. The fourth-order valence-corrected chi connectivity index (χ4v) is 5.64. The van der Waals surface area contributed by atoms with Crippen LogP contribution < -0.4 is 0 Å². The Bertz CT molecular complexity index is 924. The Morgan fingerprint density at radius 3 is 2.10 bits per heavy atom. The minimum atomic E-state index is -3.61. The molecule has 0 radical (unpaired) electrons. The second-order valence-electron chi connectivity index (χ2n) is 7.78. The van der Waals surface area contributed by atoms with E-state index in [1.165, 1.54) is 47.7 Å². The summed E-state index contributed by atoms with van der Waals surface area (Å²) in [5, 5.41) is 0. The van der Waals surface area contributed by atoms with Crippen LogP contribution in [0.1, 0.15) is 42.5 Å². The van der Waals surface area contributed by atoms with Gasteiger partial charge in [-0.25, -0.2) is 13.2 Å². The Kier molecular flexibility index (Phi) is 7.32. The zero-order valence-electron chi connectivity index (χ0n) is 17.8. The number of nitrogens with zero attached hydrogens (tertiary/aromatic N) is 2.